The van der Waals surface area contributed by atoms with Gasteiger partial charge in [-0.2, -0.15) is 0 Å². The second-order valence-electron chi connectivity index (χ2n) is 6.02. The number of carbonyl (C=O) groups excluding carboxylic acids is 1. The number of hydrogen-bond donors (Lipinski definition) is 1. The Kier molecular flexibility index (Phi) is 4.29. The fourth-order valence-corrected chi connectivity index (χ4v) is 2.66. The van der Waals surface area contributed by atoms with Gasteiger partial charge in [-0.1, -0.05) is 30.3 Å². The molecule has 1 aliphatic rings. The highest BCUT2D eigenvalue weighted by atomic mass is 16.3. The lowest BCUT2D eigenvalue weighted by Crippen LogP contribution is -2.39. The van der Waals surface area contributed by atoms with Crippen molar-refractivity contribution in [1.82, 2.24) is 10.2 Å². The Bertz CT molecular complexity index is 632. The van der Waals surface area contributed by atoms with Crippen LogP contribution in [0.25, 0.3) is 0 Å². The average Bonchev–Trinajstić information content (AvgIpc) is 3.21. The van der Waals surface area contributed by atoms with Crippen molar-refractivity contribution in [1.29, 1.82) is 0 Å². The minimum absolute atomic E-state index is 0.0690. The monoisotopic (exact) mass is 298 g/mol. The highest BCUT2D eigenvalue weighted by Crippen LogP contribution is 2.25. The number of benzene rings is 1. The largest absolute Gasteiger partial charge is 0.465 e. The molecule has 0 radical (unpaired) electrons. The number of amides is 1. The van der Waals surface area contributed by atoms with Crippen LogP contribution in [0.5, 0.6) is 0 Å². The zero-order chi connectivity index (χ0) is 15.5. The number of nitrogens with zero attached hydrogens (tertiary/aromatic N) is 1. The smallest absolute Gasteiger partial charge is 0.242 e. The van der Waals surface area contributed by atoms with Crippen molar-refractivity contribution in [3.63, 3.8) is 0 Å². The molecule has 2 aromatic rings. The number of carbonyl (C=O) groups is 1. The normalized spacial score (nSPS) is 15.8. The maximum Gasteiger partial charge on any atom is 0.242 e. The molecule has 4 heteroatoms. The minimum Gasteiger partial charge on any atom is -0.465 e. The third-order valence-corrected chi connectivity index (χ3v) is 3.93. The summed E-state index contributed by atoms with van der Waals surface area (Å²) in [5, 5.41) is 3.11. The molecule has 1 heterocycles. The summed E-state index contributed by atoms with van der Waals surface area (Å²) in [5.41, 5.74) is 1.01. The van der Waals surface area contributed by atoms with Crippen LogP contribution in [0, 0.1) is 6.92 Å². The Morgan fingerprint density at radius 3 is 2.59 bits per heavy atom. The first kappa shape index (κ1) is 14.9. The lowest BCUT2D eigenvalue weighted by molar-refractivity contribution is -0.126. The standard InChI is InChI=1S/C18H22N2O2/c1-13-8-11-16(22-13)12-20(2)17(14-6-4-3-5-7-14)18(21)19-15-9-10-15/h3-8,11,15,17H,9-10,12H2,1-2H3,(H,19,21)/t17-/m1/s1. The first-order valence-corrected chi connectivity index (χ1v) is 7.74. The molecule has 1 amide bonds. The van der Waals surface area contributed by atoms with Crippen LogP contribution in [0.1, 0.15) is 36.0 Å². The summed E-state index contributed by atoms with van der Waals surface area (Å²) in [4.78, 5) is 14.7. The number of hydrogen-bond acceptors (Lipinski definition) is 3. The Morgan fingerprint density at radius 1 is 1.27 bits per heavy atom. The summed E-state index contributed by atoms with van der Waals surface area (Å²) in [6.45, 7) is 2.53. The van der Waals surface area contributed by atoms with Crippen LogP contribution in [0.4, 0.5) is 0 Å². The highest BCUT2D eigenvalue weighted by molar-refractivity contribution is 5.83. The molecule has 0 bridgehead atoms. The molecule has 1 aromatic heterocycles. The van der Waals surface area contributed by atoms with E-state index in [9.17, 15) is 4.79 Å². The van der Waals surface area contributed by atoms with Crippen molar-refractivity contribution in [2.24, 2.45) is 0 Å². The summed E-state index contributed by atoms with van der Waals surface area (Å²) in [6, 6.07) is 13.9. The molecule has 0 aliphatic heterocycles. The lowest BCUT2D eigenvalue weighted by atomic mass is 10.0. The van der Waals surface area contributed by atoms with Crippen molar-refractivity contribution in [2.75, 3.05) is 7.05 Å². The van der Waals surface area contributed by atoms with E-state index in [-0.39, 0.29) is 11.9 Å². The predicted octanol–water partition coefficient (Wildman–Crippen LogP) is 3.04. The Balaban J connectivity index is 1.78. The molecule has 1 aromatic carbocycles. The van der Waals surface area contributed by atoms with E-state index in [1.165, 1.54) is 0 Å². The predicted molar refractivity (Wildman–Crippen MR) is 85.3 cm³/mol. The van der Waals surface area contributed by atoms with E-state index < -0.39 is 0 Å². The van der Waals surface area contributed by atoms with E-state index in [1.54, 1.807) is 0 Å². The molecule has 4 nitrogen and oxygen atoms in total. The Hall–Kier alpha value is -2.07. The highest BCUT2D eigenvalue weighted by Gasteiger charge is 2.30. The van der Waals surface area contributed by atoms with Crippen molar-refractivity contribution in [3.05, 3.63) is 59.5 Å². The third-order valence-electron chi connectivity index (χ3n) is 3.93. The van der Waals surface area contributed by atoms with Gasteiger partial charge in [0.2, 0.25) is 5.91 Å². The van der Waals surface area contributed by atoms with E-state index in [0.717, 1.165) is 29.9 Å². The summed E-state index contributed by atoms with van der Waals surface area (Å²) in [6.07, 6.45) is 2.18. The fraction of sp³-hybridized carbons (Fsp3) is 0.389. The van der Waals surface area contributed by atoms with Crippen LogP contribution in [0.2, 0.25) is 0 Å². The van der Waals surface area contributed by atoms with Gasteiger partial charge in [0.05, 0.1) is 6.54 Å². The van der Waals surface area contributed by atoms with Crippen LogP contribution < -0.4 is 5.32 Å². The zero-order valence-corrected chi connectivity index (χ0v) is 13.1. The molecule has 0 unspecified atom stereocenters. The van der Waals surface area contributed by atoms with Gasteiger partial charge in [0.25, 0.3) is 0 Å². The van der Waals surface area contributed by atoms with E-state index >= 15 is 0 Å². The van der Waals surface area contributed by atoms with Crippen LogP contribution in [0.3, 0.4) is 0 Å². The number of furan rings is 1. The van der Waals surface area contributed by atoms with Crippen molar-refractivity contribution < 1.29 is 9.21 Å². The van der Waals surface area contributed by atoms with Gasteiger partial charge in [0.1, 0.15) is 17.6 Å². The van der Waals surface area contributed by atoms with Gasteiger partial charge in [0, 0.05) is 6.04 Å². The molecule has 1 fully saturated rings. The van der Waals surface area contributed by atoms with Gasteiger partial charge < -0.3 is 9.73 Å². The summed E-state index contributed by atoms with van der Waals surface area (Å²) in [5.74, 6) is 1.83. The van der Waals surface area contributed by atoms with Crippen LogP contribution in [-0.4, -0.2) is 23.9 Å². The SMILES string of the molecule is Cc1ccc(CN(C)[C@@H](C(=O)NC2CC2)c2ccccc2)o1. The molecule has 1 saturated carbocycles. The van der Waals surface area contributed by atoms with Gasteiger partial charge >= 0.3 is 0 Å². The average molecular weight is 298 g/mol. The molecular weight excluding hydrogens is 276 g/mol. The Labute approximate surface area is 131 Å². The second kappa shape index (κ2) is 6.36. The molecule has 1 atom stereocenters. The lowest BCUT2D eigenvalue weighted by Gasteiger charge is -2.27. The zero-order valence-electron chi connectivity index (χ0n) is 13.1. The van der Waals surface area contributed by atoms with E-state index in [4.69, 9.17) is 4.42 Å². The molecule has 0 saturated heterocycles. The van der Waals surface area contributed by atoms with Crippen molar-refractivity contribution in [2.45, 2.75) is 38.4 Å². The Morgan fingerprint density at radius 2 is 2.00 bits per heavy atom. The first-order valence-electron chi connectivity index (χ1n) is 7.74. The second-order valence-corrected chi connectivity index (χ2v) is 6.02. The summed E-state index contributed by atoms with van der Waals surface area (Å²) in [7, 11) is 1.96. The van der Waals surface area contributed by atoms with Crippen molar-refractivity contribution in [3.8, 4) is 0 Å². The van der Waals surface area contributed by atoms with Crippen LogP contribution in [0.15, 0.2) is 46.9 Å². The van der Waals surface area contributed by atoms with Gasteiger partial charge in [-0.15, -0.1) is 0 Å². The third kappa shape index (κ3) is 3.57. The number of aryl methyl sites for hydroxylation is 1. The molecule has 1 aliphatic carbocycles. The number of likely N-dealkylation sites (N-methyl/N-ethyl adjacent to an activating group) is 1. The van der Waals surface area contributed by atoms with Gasteiger partial charge in [-0.05, 0) is 44.5 Å². The van der Waals surface area contributed by atoms with Crippen LogP contribution >= 0.6 is 0 Å². The maximum absolute atomic E-state index is 12.6. The summed E-state index contributed by atoms with van der Waals surface area (Å²) >= 11 is 0. The molecular formula is C18H22N2O2. The van der Waals surface area contributed by atoms with Gasteiger partial charge in [-0.25, -0.2) is 0 Å². The van der Waals surface area contributed by atoms with Gasteiger partial charge in [0.15, 0.2) is 0 Å². The molecule has 116 valence electrons. The molecule has 22 heavy (non-hydrogen) atoms. The first-order chi connectivity index (χ1) is 10.6. The van der Waals surface area contributed by atoms with E-state index in [0.29, 0.717) is 12.6 Å². The van der Waals surface area contributed by atoms with Gasteiger partial charge in [-0.3, -0.25) is 9.69 Å². The van der Waals surface area contributed by atoms with E-state index in [2.05, 4.69) is 5.32 Å². The van der Waals surface area contributed by atoms with Crippen molar-refractivity contribution >= 4 is 5.91 Å². The molecule has 1 N–H and O–H groups in total. The molecule has 3 rings (SSSR count). The maximum atomic E-state index is 12.6. The number of nitrogens with one attached hydrogen (secondary N) is 1. The van der Waals surface area contributed by atoms with Crippen LogP contribution in [-0.2, 0) is 11.3 Å². The quantitative estimate of drug-likeness (QED) is 0.891. The topological polar surface area (TPSA) is 45.5 Å². The van der Waals surface area contributed by atoms with E-state index in [1.807, 2.05) is 61.3 Å². The summed E-state index contributed by atoms with van der Waals surface area (Å²) < 4.78 is 5.64. The number of rotatable bonds is 6. The fourth-order valence-electron chi connectivity index (χ4n) is 2.66. The minimum atomic E-state index is -0.299. The molecule has 0 spiro atoms.